The fourth-order valence-electron chi connectivity index (χ4n) is 3.27. The van der Waals surface area contributed by atoms with Crippen molar-refractivity contribution in [3.8, 4) is 0 Å². The summed E-state index contributed by atoms with van der Waals surface area (Å²) in [4.78, 5) is 30.9. The Labute approximate surface area is 156 Å². The Morgan fingerprint density at radius 2 is 1.85 bits per heavy atom. The molecule has 3 aromatic rings. The molecule has 1 aliphatic rings. The first-order valence-electron chi connectivity index (χ1n) is 8.47. The SMILES string of the molecule is COC(=O)c1ccccc1N[C@@H]1c2ccccc2C(=O)N1c1cccnc1. The molecule has 1 amide bonds. The van der Waals surface area contributed by atoms with Crippen LogP contribution >= 0.6 is 0 Å². The van der Waals surface area contributed by atoms with Gasteiger partial charge in [0.1, 0.15) is 6.17 Å². The van der Waals surface area contributed by atoms with Crippen LogP contribution in [-0.4, -0.2) is 24.0 Å². The average Bonchev–Trinajstić information content (AvgIpc) is 3.00. The number of ether oxygens (including phenoxy) is 1. The number of fused-ring (bicyclic) bond motifs is 1. The minimum atomic E-state index is -0.469. The number of para-hydroxylation sites is 1. The normalized spacial score (nSPS) is 15.4. The van der Waals surface area contributed by atoms with Crippen LogP contribution in [0.3, 0.4) is 0 Å². The summed E-state index contributed by atoms with van der Waals surface area (Å²) in [6.45, 7) is 0. The third kappa shape index (κ3) is 2.91. The molecule has 4 rings (SSSR count). The van der Waals surface area contributed by atoms with Crippen LogP contribution in [0.5, 0.6) is 0 Å². The molecular formula is C21H17N3O3. The van der Waals surface area contributed by atoms with Crippen molar-refractivity contribution in [2.45, 2.75) is 6.17 Å². The highest BCUT2D eigenvalue weighted by molar-refractivity contribution is 6.11. The van der Waals surface area contributed by atoms with Crippen LogP contribution < -0.4 is 10.2 Å². The standard InChI is InChI=1S/C21H17N3O3/c1-27-21(26)17-10-4-5-11-18(17)23-19-15-8-2-3-9-16(15)20(25)24(19)14-7-6-12-22-13-14/h2-13,19,23H,1H3/t19-/m0/s1. The Morgan fingerprint density at radius 1 is 1.07 bits per heavy atom. The highest BCUT2D eigenvalue weighted by atomic mass is 16.5. The van der Waals surface area contributed by atoms with E-state index >= 15 is 0 Å². The predicted molar refractivity (Wildman–Crippen MR) is 102 cm³/mol. The molecule has 0 bridgehead atoms. The van der Waals surface area contributed by atoms with Gasteiger partial charge in [0.05, 0.1) is 30.2 Å². The topological polar surface area (TPSA) is 71.5 Å². The number of benzene rings is 2. The summed E-state index contributed by atoms with van der Waals surface area (Å²) in [5.41, 5.74) is 3.13. The fraction of sp³-hybridized carbons (Fsp3) is 0.0952. The minimum Gasteiger partial charge on any atom is -0.465 e. The zero-order chi connectivity index (χ0) is 18.8. The van der Waals surface area contributed by atoms with Gasteiger partial charge in [-0.2, -0.15) is 0 Å². The molecule has 0 saturated heterocycles. The Bertz CT molecular complexity index is 1000. The zero-order valence-electron chi connectivity index (χ0n) is 14.6. The van der Waals surface area contributed by atoms with Gasteiger partial charge in [0.2, 0.25) is 0 Å². The van der Waals surface area contributed by atoms with Crippen molar-refractivity contribution >= 4 is 23.3 Å². The molecule has 0 saturated carbocycles. The summed E-state index contributed by atoms with van der Waals surface area (Å²) in [6.07, 6.45) is 2.83. The molecule has 0 unspecified atom stereocenters. The summed E-state index contributed by atoms with van der Waals surface area (Å²) >= 11 is 0. The molecule has 1 aromatic heterocycles. The number of nitrogens with one attached hydrogen (secondary N) is 1. The van der Waals surface area contributed by atoms with Gasteiger partial charge in [0.25, 0.3) is 5.91 Å². The number of anilines is 2. The van der Waals surface area contributed by atoms with Gasteiger partial charge in [-0.25, -0.2) is 4.79 Å². The fourth-order valence-corrected chi connectivity index (χ4v) is 3.27. The third-order valence-electron chi connectivity index (χ3n) is 4.51. The summed E-state index contributed by atoms with van der Waals surface area (Å²) in [7, 11) is 1.34. The first-order chi connectivity index (χ1) is 13.2. The van der Waals surface area contributed by atoms with Crippen molar-refractivity contribution in [2.75, 3.05) is 17.3 Å². The number of pyridine rings is 1. The van der Waals surface area contributed by atoms with Crippen molar-refractivity contribution in [1.29, 1.82) is 0 Å². The van der Waals surface area contributed by atoms with Crippen LogP contribution in [0.4, 0.5) is 11.4 Å². The van der Waals surface area contributed by atoms with Gasteiger partial charge in [-0.05, 0) is 30.3 Å². The van der Waals surface area contributed by atoms with E-state index in [2.05, 4.69) is 10.3 Å². The quantitative estimate of drug-likeness (QED) is 0.720. The smallest absolute Gasteiger partial charge is 0.339 e. The number of nitrogens with zero attached hydrogens (tertiary/aromatic N) is 2. The first kappa shape index (κ1) is 16.8. The van der Waals surface area contributed by atoms with Crippen molar-refractivity contribution in [3.05, 3.63) is 89.7 Å². The Kier molecular flexibility index (Phi) is 4.30. The van der Waals surface area contributed by atoms with E-state index in [4.69, 9.17) is 4.74 Å². The maximum absolute atomic E-state index is 13.0. The lowest BCUT2D eigenvalue weighted by Gasteiger charge is -2.27. The van der Waals surface area contributed by atoms with Crippen molar-refractivity contribution in [1.82, 2.24) is 4.98 Å². The lowest BCUT2D eigenvalue weighted by molar-refractivity contribution is 0.0601. The molecule has 1 N–H and O–H groups in total. The molecule has 0 spiro atoms. The lowest BCUT2D eigenvalue weighted by Crippen LogP contribution is -2.32. The lowest BCUT2D eigenvalue weighted by atomic mass is 10.1. The van der Waals surface area contributed by atoms with Crippen LogP contribution in [0.25, 0.3) is 0 Å². The van der Waals surface area contributed by atoms with Crippen molar-refractivity contribution in [3.63, 3.8) is 0 Å². The second-order valence-corrected chi connectivity index (χ2v) is 6.06. The number of aromatic nitrogens is 1. The van der Waals surface area contributed by atoms with Crippen LogP contribution in [0.1, 0.15) is 32.4 Å². The number of esters is 1. The molecule has 6 heteroatoms. The molecule has 6 nitrogen and oxygen atoms in total. The molecule has 0 aliphatic carbocycles. The number of amides is 1. The van der Waals surface area contributed by atoms with E-state index in [-0.39, 0.29) is 5.91 Å². The number of hydrogen-bond donors (Lipinski definition) is 1. The third-order valence-corrected chi connectivity index (χ3v) is 4.51. The molecule has 1 aliphatic heterocycles. The van der Waals surface area contributed by atoms with E-state index in [1.54, 1.807) is 47.6 Å². The van der Waals surface area contributed by atoms with Gasteiger partial charge < -0.3 is 10.1 Å². The van der Waals surface area contributed by atoms with E-state index in [0.29, 0.717) is 22.5 Å². The maximum atomic E-state index is 13.0. The molecular weight excluding hydrogens is 342 g/mol. The van der Waals surface area contributed by atoms with Crippen LogP contribution in [0.15, 0.2) is 73.1 Å². The summed E-state index contributed by atoms with van der Waals surface area (Å²) in [6, 6.07) is 18.1. The van der Waals surface area contributed by atoms with Crippen LogP contribution in [-0.2, 0) is 4.74 Å². The van der Waals surface area contributed by atoms with Gasteiger partial charge in [0, 0.05) is 17.3 Å². The predicted octanol–water partition coefficient (Wildman–Crippen LogP) is 3.64. The molecule has 0 radical (unpaired) electrons. The highest BCUT2D eigenvalue weighted by Crippen LogP contribution is 2.38. The number of hydrogen-bond acceptors (Lipinski definition) is 5. The molecule has 134 valence electrons. The summed E-state index contributed by atoms with van der Waals surface area (Å²) in [5, 5.41) is 3.34. The van der Waals surface area contributed by atoms with Crippen molar-refractivity contribution < 1.29 is 14.3 Å². The van der Waals surface area contributed by atoms with Gasteiger partial charge >= 0.3 is 5.97 Å². The van der Waals surface area contributed by atoms with Crippen LogP contribution in [0, 0.1) is 0 Å². The largest absolute Gasteiger partial charge is 0.465 e. The van der Waals surface area contributed by atoms with Crippen LogP contribution in [0.2, 0.25) is 0 Å². The molecule has 27 heavy (non-hydrogen) atoms. The monoisotopic (exact) mass is 359 g/mol. The maximum Gasteiger partial charge on any atom is 0.339 e. The molecule has 2 heterocycles. The Hall–Kier alpha value is -3.67. The van der Waals surface area contributed by atoms with E-state index in [9.17, 15) is 9.59 Å². The first-order valence-corrected chi connectivity index (χ1v) is 8.47. The minimum absolute atomic E-state index is 0.119. The van der Waals surface area contributed by atoms with Gasteiger partial charge in [-0.1, -0.05) is 30.3 Å². The van der Waals surface area contributed by atoms with E-state index < -0.39 is 12.1 Å². The Morgan fingerprint density at radius 3 is 2.63 bits per heavy atom. The number of carbonyl (C=O) groups is 2. The number of rotatable bonds is 4. The number of methoxy groups -OCH3 is 1. The van der Waals surface area contributed by atoms with E-state index in [1.807, 2.05) is 30.3 Å². The highest BCUT2D eigenvalue weighted by Gasteiger charge is 2.38. The molecule has 2 aromatic carbocycles. The Balaban J connectivity index is 1.80. The van der Waals surface area contributed by atoms with E-state index in [1.165, 1.54) is 7.11 Å². The summed E-state index contributed by atoms with van der Waals surface area (Å²) < 4.78 is 4.87. The zero-order valence-corrected chi connectivity index (χ0v) is 14.6. The second-order valence-electron chi connectivity index (χ2n) is 6.06. The average molecular weight is 359 g/mol. The second kappa shape index (κ2) is 6.92. The van der Waals surface area contributed by atoms with Gasteiger partial charge in [-0.15, -0.1) is 0 Å². The van der Waals surface area contributed by atoms with Crippen molar-refractivity contribution in [2.24, 2.45) is 0 Å². The van der Waals surface area contributed by atoms with Gasteiger partial charge in [-0.3, -0.25) is 14.7 Å². The number of carbonyl (C=O) groups excluding carboxylic acids is 2. The van der Waals surface area contributed by atoms with E-state index in [0.717, 1.165) is 5.56 Å². The molecule has 1 atom stereocenters. The van der Waals surface area contributed by atoms with Gasteiger partial charge in [0.15, 0.2) is 0 Å². The summed E-state index contributed by atoms with van der Waals surface area (Å²) in [5.74, 6) is -0.560. The molecule has 0 fully saturated rings.